The Morgan fingerprint density at radius 2 is 1.85 bits per heavy atom. The fraction of sp³-hybridized carbons (Fsp3) is 0.444. The average Bonchev–Trinajstić information content (AvgIpc) is 2.64. The number of aromatic nitrogens is 2. The molecule has 0 unspecified atom stereocenters. The van der Waals surface area contributed by atoms with Crippen molar-refractivity contribution in [2.75, 3.05) is 17.2 Å². The minimum Gasteiger partial charge on any atom is -0.494 e. The maximum Gasteiger partial charge on any atom is 0.353 e. The van der Waals surface area contributed by atoms with Crippen LogP contribution in [-0.2, 0) is 0 Å². The zero-order valence-electron chi connectivity index (χ0n) is 14.8. The molecule has 0 amide bonds. The van der Waals surface area contributed by atoms with Gasteiger partial charge >= 0.3 is 5.69 Å². The lowest BCUT2D eigenvalue weighted by molar-refractivity contribution is -0.383. The van der Waals surface area contributed by atoms with Crippen LogP contribution in [0.3, 0.4) is 0 Å². The summed E-state index contributed by atoms with van der Waals surface area (Å²) in [6.45, 7) is 2.50. The van der Waals surface area contributed by atoms with Crippen LogP contribution in [0.2, 0.25) is 0 Å². The third kappa shape index (κ3) is 4.38. The van der Waals surface area contributed by atoms with Crippen molar-refractivity contribution in [3.05, 3.63) is 40.7 Å². The number of hydrogen-bond acceptors (Lipinski definition) is 7. The second-order valence-corrected chi connectivity index (χ2v) is 6.24. The van der Waals surface area contributed by atoms with Gasteiger partial charge in [-0.3, -0.25) is 10.1 Å². The van der Waals surface area contributed by atoms with Crippen LogP contribution in [0.5, 0.6) is 5.75 Å². The molecule has 2 N–H and O–H groups in total. The van der Waals surface area contributed by atoms with Crippen molar-refractivity contribution >= 4 is 23.0 Å². The Morgan fingerprint density at radius 1 is 1.15 bits per heavy atom. The SMILES string of the molecule is CCOc1ccc(Nc2ncnc(NC3CCCCC3)c2[N+](=O)[O-])cc1. The summed E-state index contributed by atoms with van der Waals surface area (Å²) in [4.78, 5) is 19.4. The maximum atomic E-state index is 11.6. The second-order valence-electron chi connectivity index (χ2n) is 6.24. The molecule has 1 fully saturated rings. The maximum absolute atomic E-state index is 11.6. The van der Waals surface area contributed by atoms with E-state index in [1.165, 1.54) is 12.7 Å². The first-order valence-electron chi connectivity index (χ1n) is 8.93. The topological polar surface area (TPSA) is 102 Å². The number of nitrogens with one attached hydrogen (secondary N) is 2. The summed E-state index contributed by atoms with van der Waals surface area (Å²) in [6.07, 6.45) is 6.83. The summed E-state index contributed by atoms with van der Waals surface area (Å²) < 4.78 is 5.41. The lowest BCUT2D eigenvalue weighted by Crippen LogP contribution is -2.23. The molecule has 8 nitrogen and oxygen atoms in total. The van der Waals surface area contributed by atoms with E-state index >= 15 is 0 Å². The Bertz CT molecular complexity index is 745. The molecule has 0 bridgehead atoms. The first-order chi connectivity index (χ1) is 12.7. The standard InChI is InChI=1S/C18H23N5O3/c1-2-26-15-10-8-14(9-11-15)22-18-16(23(24)25)17(19-12-20-18)21-13-6-4-3-5-7-13/h8-13H,2-7H2,1H3,(H2,19,20,21,22). The fourth-order valence-electron chi connectivity index (χ4n) is 3.13. The van der Waals surface area contributed by atoms with Crippen LogP contribution >= 0.6 is 0 Å². The zero-order valence-corrected chi connectivity index (χ0v) is 14.8. The van der Waals surface area contributed by atoms with Gasteiger partial charge in [-0.2, -0.15) is 0 Å². The molecule has 0 radical (unpaired) electrons. The van der Waals surface area contributed by atoms with Crippen LogP contribution in [0.25, 0.3) is 0 Å². The van der Waals surface area contributed by atoms with E-state index in [0.29, 0.717) is 12.3 Å². The third-order valence-corrected chi connectivity index (χ3v) is 4.38. The predicted molar refractivity (Wildman–Crippen MR) is 100 cm³/mol. The molecule has 1 aliphatic carbocycles. The van der Waals surface area contributed by atoms with E-state index in [0.717, 1.165) is 31.4 Å². The highest BCUT2D eigenvalue weighted by atomic mass is 16.6. The van der Waals surface area contributed by atoms with Crippen molar-refractivity contribution in [2.45, 2.75) is 45.1 Å². The van der Waals surface area contributed by atoms with Crippen LogP contribution in [0.4, 0.5) is 23.0 Å². The molecule has 0 spiro atoms. The summed E-state index contributed by atoms with van der Waals surface area (Å²) >= 11 is 0. The van der Waals surface area contributed by atoms with Crippen molar-refractivity contribution < 1.29 is 9.66 Å². The molecule has 1 aromatic carbocycles. The Hall–Kier alpha value is -2.90. The zero-order chi connectivity index (χ0) is 18.4. The Morgan fingerprint density at radius 3 is 2.50 bits per heavy atom. The van der Waals surface area contributed by atoms with Crippen molar-refractivity contribution in [3.63, 3.8) is 0 Å². The molecule has 0 saturated heterocycles. The van der Waals surface area contributed by atoms with Crippen LogP contribution in [0.1, 0.15) is 39.0 Å². The number of rotatable bonds is 7. The van der Waals surface area contributed by atoms with Crippen LogP contribution in [-0.4, -0.2) is 27.5 Å². The molecule has 138 valence electrons. The number of hydrogen-bond donors (Lipinski definition) is 2. The summed E-state index contributed by atoms with van der Waals surface area (Å²) in [5, 5.41) is 17.9. The van der Waals surface area contributed by atoms with Gasteiger partial charge in [0.1, 0.15) is 12.1 Å². The molecule has 1 aromatic heterocycles. The van der Waals surface area contributed by atoms with Crippen LogP contribution in [0.15, 0.2) is 30.6 Å². The quantitative estimate of drug-likeness (QED) is 0.563. The Balaban J connectivity index is 1.81. The normalized spacial score (nSPS) is 14.7. The summed E-state index contributed by atoms with van der Waals surface area (Å²) in [7, 11) is 0. The van der Waals surface area contributed by atoms with Gasteiger partial charge in [0.25, 0.3) is 0 Å². The van der Waals surface area contributed by atoms with Crippen LogP contribution < -0.4 is 15.4 Å². The molecular formula is C18H23N5O3. The smallest absolute Gasteiger partial charge is 0.353 e. The van der Waals surface area contributed by atoms with E-state index in [2.05, 4.69) is 20.6 Å². The monoisotopic (exact) mass is 357 g/mol. The Kier molecular flexibility index (Phi) is 5.83. The van der Waals surface area contributed by atoms with E-state index in [1.54, 1.807) is 24.3 Å². The van der Waals surface area contributed by atoms with E-state index in [1.807, 2.05) is 6.92 Å². The van der Waals surface area contributed by atoms with Gasteiger partial charge in [-0.15, -0.1) is 0 Å². The van der Waals surface area contributed by atoms with Gasteiger partial charge in [0.2, 0.25) is 11.6 Å². The summed E-state index contributed by atoms with van der Waals surface area (Å²) in [6, 6.07) is 7.42. The number of nitro groups is 1. The molecule has 1 aliphatic rings. The predicted octanol–water partition coefficient (Wildman–Crippen LogP) is 4.27. The fourth-order valence-corrected chi connectivity index (χ4v) is 3.13. The van der Waals surface area contributed by atoms with Gasteiger partial charge in [-0.25, -0.2) is 9.97 Å². The number of benzene rings is 1. The second kappa shape index (κ2) is 8.46. The first-order valence-corrected chi connectivity index (χ1v) is 8.93. The van der Waals surface area contributed by atoms with Crippen LogP contribution in [0, 0.1) is 10.1 Å². The average molecular weight is 357 g/mol. The first kappa shape index (κ1) is 17.9. The highest BCUT2D eigenvalue weighted by molar-refractivity contribution is 5.74. The van der Waals surface area contributed by atoms with Gasteiger partial charge in [0, 0.05) is 11.7 Å². The number of nitrogens with zero attached hydrogens (tertiary/aromatic N) is 3. The molecule has 0 aliphatic heterocycles. The van der Waals surface area contributed by atoms with Gasteiger partial charge in [-0.05, 0) is 44.0 Å². The molecule has 1 saturated carbocycles. The molecule has 3 rings (SSSR count). The number of ether oxygens (including phenoxy) is 1. The highest BCUT2D eigenvalue weighted by Gasteiger charge is 2.25. The van der Waals surface area contributed by atoms with Gasteiger partial charge in [-0.1, -0.05) is 19.3 Å². The lowest BCUT2D eigenvalue weighted by Gasteiger charge is -2.23. The van der Waals surface area contributed by atoms with Crippen molar-refractivity contribution in [2.24, 2.45) is 0 Å². The van der Waals surface area contributed by atoms with E-state index < -0.39 is 4.92 Å². The Labute approximate surface area is 152 Å². The number of anilines is 3. The third-order valence-electron chi connectivity index (χ3n) is 4.38. The molecule has 2 aromatic rings. The molecule has 8 heteroatoms. The van der Waals surface area contributed by atoms with Crippen molar-refractivity contribution in [3.8, 4) is 5.75 Å². The van der Waals surface area contributed by atoms with Crippen molar-refractivity contribution in [1.29, 1.82) is 0 Å². The minimum absolute atomic E-state index is 0.132. The van der Waals surface area contributed by atoms with E-state index in [-0.39, 0.29) is 23.4 Å². The highest BCUT2D eigenvalue weighted by Crippen LogP contribution is 2.33. The lowest BCUT2D eigenvalue weighted by atomic mass is 9.95. The molecular weight excluding hydrogens is 334 g/mol. The molecule has 26 heavy (non-hydrogen) atoms. The summed E-state index contributed by atoms with van der Waals surface area (Å²) in [5.41, 5.74) is 0.561. The van der Waals surface area contributed by atoms with E-state index in [4.69, 9.17) is 4.74 Å². The molecule has 0 atom stereocenters. The largest absolute Gasteiger partial charge is 0.494 e. The van der Waals surface area contributed by atoms with Gasteiger partial charge in [0.05, 0.1) is 11.5 Å². The van der Waals surface area contributed by atoms with E-state index in [9.17, 15) is 10.1 Å². The van der Waals surface area contributed by atoms with Crippen molar-refractivity contribution in [1.82, 2.24) is 9.97 Å². The minimum atomic E-state index is -0.442. The summed E-state index contributed by atoms with van der Waals surface area (Å²) in [5.74, 6) is 1.19. The molecule has 1 heterocycles. The van der Waals surface area contributed by atoms with Gasteiger partial charge < -0.3 is 15.4 Å². The van der Waals surface area contributed by atoms with Gasteiger partial charge in [0.15, 0.2) is 0 Å².